The molecule has 4 nitrogen and oxygen atoms in total. The SMILES string of the molecule is c1cc(-c2ncco2)cc(-c2c3ccccc3c(-c3cccc(-c4ncco4)c3)c3cc(-c4ccc5ccccc5c4)ccc23)c1. The van der Waals surface area contributed by atoms with Crippen LogP contribution in [0.25, 0.3) is 88.6 Å². The van der Waals surface area contributed by atoms with Gasteiger partial charge in [-0.1, -0.05) is 97.1 Å². The van der Waals surface area contributed by atoms with Crippen molar-refractivity contribution in [2.24, 2.45) is 0 Å². The van der Waals surface area contributed by atoms with Gasteiger partial charge in [-0.25, -0.2) is 9.97 Å². The predicted octanol–water partition coefficient (Wildman–Crippen LogP) is 11.5. The third kappa shape index (κ3) is 4.39. The van der Waals surface area contributed by atoms with Crippen molar-refractivity contribution in [2.45, 2.75) is 0 Å². The van der Waals surface area contributed by atoms with Gasteiger partial charge < -0.3 is 8.83 Å². The first-order valence-corrected chi connectivity index (χ1v) is 15.3. The van der Waals surface area contributed by atoms with Crippen LogP contribution in [0.2, 0.25) is 0 Å². The molecule has 0 unspecified atom stereocenters. The van der Waals surface area contributed by atoms with Crippen molar-refractivity contribution in [3.63, 3.8) is 0 Å². The standard InChI is InChI=1S/C42H26N2O2/c1-2-8-28-23-29(16-15-27(28)7-1)30-17-18-37-38(26-30)40(32-10-6-12-34(25-32)42-44-20-22-46-42)36-14-4-3-13-35(36)39(37)31-9-5-11-33(24-31)41-43-19-21-45-41/h1-26H. The molecule has 2 aromatic heterocycles. The average Bonchev–Trinajstić information content (AvgIpc) is 3.86. The maximum atomic E-state index is 5.69. The van der Waals surface area contributed by atoms with Gasteiger partial charge in [-0.3, -0.25) is 0 Å². The Morgan fingerprint density at radius 2 is 0.870 bits per heavy atom. The molecule has 4 heteroatoms. The molecule has 0 atom stereocenters. The average molecular weight is 591 g/mol. The first kappa shape index (κ1) is 26.2. The van der Waals surface area contributed by atoms with Gasteiger partial charge in [-0.15, -0.1) is 0 Å². The van der Waals surface area contributed by atoms with Gasteiger partial charge in [0.25, 0.3) is 0 Å². The Hall–Kier alpha value is -6.26. The topological polar surface area (TPSA) is 52.1 Å². The second-order valence-electron chi connectivity index (χ2n) is 11.5. The van der Waals surface area contributed by atoms with Gasteiger partial charge in [-0.05, 0) is 102 Å². The van der Waals surface area contributed by atoms with E-state index >= 15 is 0 Å². The van der Waals surface area contributed by atoms with Crippen LogP contribution in [0.1, 0.15) is 0 Å². The molecule has 7 aromatic carbocycles. The molecule has 2 heterocycles. The molecule has 0 aliphatic heterocycles. The molecule has 9 rings (SSSR count). The van der Waals surface area contributed by atoms with Crippen molar-refractivity contribution in [1.29, 1.82) is 0 Å². The highest BCUT2D eigenvalue weighted by Gasteiger charge is 2.19. The summed E-state index contributed by atoms with van der Waals surface area (Å²) < 4.78 is 11.4. The Labute approximate surface area is 265 Å². The fourth-order valence-corrected chi connectivity index (χ4v) is 6.70. The van der Waals surface area contributed by atoms with Gasteiger partial charge in [0.05, 0.1) is 12.4 Å². The number of aromatic nitrogens is 2. The second-order valence-corrected chi connectivity index (χ2v) is 11.5. The number of hydrogen-bond acceptors (Lipinski definition) is 4. The number of benzene rings is 7. The number of hydrogen-bond donors (Lipinski definition) is 0. The van der Waals surface area contributed by atoms with Gasteiger partial charge in [-0.2, -0.15) is 0 Å². The fraction of sp³-hybridized carbons (Fsp3) is 0. The third-order valence-electron chi connectivity index (χ3n) is 8.77. The normalized spacial score (nSPS) is 11.5. The molecule has 0 bridgehead atoms. The zero-order valence-electron chi connectivity index (χ0n) is 24.7. The monoisotopic (exact) mass is 590 g/mol. The lowest BCUT2D eigenvalue weighted by atomic mass is 9.84. The van der Waals surface area contributed by atoms with Crippen molar-refractivity contribution in [3.8, 4) is 56.3 Å². The molecular weight excluding hydrogens is 564 g/mol. The Bertz CT molecular complexity index is 2530. The third-order valence-corrected chi connectivity index (χ3v) is 8.77. The quantitative estimate of drug-likeness (QED) is 0.187. The van der Waals surface area contributed by atoms with Crippen LogP contribution >= 0.6 is 0 Å². The number of oxazole rings is 2. The first-order chi connectivity index (χ1) is 22.8. The van der Waals surface area contributed by atoms with Crippen LogP contribution in [0.5, 0.6) is 0 Å². The molecule has 46 heavy (non-hydrogen) atoms. The molecule has 0 amide bonds. The lowest BCUT2D eigenvalue weighted by Crippen LogP contribution is -1.92. The molecule has 9 aromatic rings. The molecule has 0 aliphatic rings. The highest BCUT2D eigenvalue weighted by atomic mass is 16.3. The summed E-state index contributed by atoms with van der Waals surface area (Å²) in [6, 6.07) is 47.7. The molecule has 0 spiro atoms. The summed E-state index contributed by atoms with van der Waals surface area (Å²) in [5.74, 6) is 1.21. The highest BCUT2D eigenvalue weighted by molar-refractivity contribution is 6.22. The smallest absolute Gasteiger partial charge is 0.225 e. The van der Waals surface area contributed by atoms with Crippen LogP contribution in [0, 0.1) is 0 Å². The zero-order valence-corrected chi connectivity index (χ0v) is 24.7. The maximum absolute atomic E-state index is 5.69. The van der Waals surface area contributed by atoms with Crippen molar-refractivity contribution < 1.29 is 8.83 Å². The minimum atomic E-state index is 0.604. The summed E-state index contributed by atoms with van der Waals surface area (Å²) in [6.07, 6.45) is 6.60. The van der Waals surface area contributed by atoms with Crippen LogP contribution in [0.15, 0.2) is 167 Å². The summed E-state index contributed by atoms with van der Waals surface area (Å²) in [5.41, 5.74) is 8.79. The van der Waals surface area contributed by atoms with E-state index in [1.165, 1.54) is 49.0 Å². The largest absolute Gasteiger partial charge is 0.445 e. The van der Waals surface area contributed by atoms with Gasteiger partial charge >= 0.3 is 0 Å². The molecule has 0 aliphatic carbocycles. The molecular formula is C42H26N2O2. The number of nitrogens with zero attached hydrogens (tertiary/aromatic N) is 2. The Morgan fingerprint density at radius 1 is 0.348 bits per heavy atom. The minimum absolute atomic E-state index is 0.604. The summed E-state index contributed by atoms with van der Waals surface area (Å²) in [4.78, 5) is 8.84. The van der Waals surface area contributed by atoms with Crippen LogP contribution in [-0.2, 0) is 0 Å². The molecule has 216 valence electrons. The van der Waals surface area contributed by atoms with E-state index in [2.05, 4.69) is 131 Å². The predicted molar refractivity (Wildman–Crippen MR) is 186 cm³/mol. The Kier molecular flexibility index (Phi) is 6.10. The van der Waals surface area contributed by atoms with Crippen LogP contribution in [-0.4, -0.2) is 9.97 Å². The van der Waals surface area contributed by atoms with E-state index in [0.29, 0.717) is 11.8 Å². The van der Waals surface area contributed by atoms with Crippen molar-refractivity contribution >= 4 is 32.3 Å². The summed E-state index contributed by atoms with van der Waals surface area (Å²) >= 11 is 0. The van der Waals surface area contributed by atoms with E-state index in [-0.39, 0.29) is 0 Å². The zero-order chi connectivity index (χ0) is 30.5. The van der Waals surface area contributed by atoms with E-state index in [4.69, 9.17) is 8.83 Å². The molecule has 0 radical (unpaired) electrons. The van der Waals surface area contributed by atoms with E-state index in [9.17, 15) is 0 Å². The number of fused-ring (bicyclic) bond motifs is 3. The lowest BCUT2D eigenvalue weighted by molar-refractivity contribution is 0.574. The number of rotatable bonds is 5. The summed E-state index contributed by atoms with van der Waals surface area (Å²) in [7, 11) is 0. The Balaban J connectivity index is 1.36. The summed E-state index contributed by atoms with van der Waals surface area (Å²) in [5, 5.41) is 7.15. The minimum Gasteiger partial charge on any atom is -0.445 e. The lowest BCUT2D eigenvalue weighted by Gasteiger charge is -2.19. The van der Waals surface area contributed by atoms with Crippen molar-refractivity contribution in [3.05, 3.63) is 158 Å². The Morgan fingerprint density at radius 3 is 1.50 bits per heavy atom. The highest BCUT2D eigenvalue weighted by Crippen LogP contribution is 2.46. The van der Waals surface area contributed by atoms with Crippen LogP contribution in [0.4, 0.5) is 0 Å². The fourth-order valence-electron chi connectivity index (χ4n) is 6.70. The van der Waals surface area contributed by atoms with Crippen LogP contribution < -0.4 is 0 Å². The van der Waals surface area contributed by atoms with E-state index in [1.807, 2.05) is 12.1 Å². The first-order valence-electron chi connectivity index (χ1n) is 15.3. The van der Waals surface area contributed by atoms with Gasteiger partial charge in [0.1, 0.15) is 12.5 Å². The molecule has 0 fully saturated rings. The van der Waals surface area contributed by atoms with Gasteiger partial charge in [0, 0.05) is 11.1 Å². The van der Waals surface area contributed by atoms with Crippen molar-refractivity contribution in [1.82, 2.24) is 9.97 Å². The van der Waals surface area contributed by atoms with E-state index in [0.717, 1.165) is 27.8 Å². The van der Waals surface area contributed by atoms with Crippen LogP contribution in [0.3, 0.4) is 0 Å². The van der Waals surface area contributed by atoms with Crippen molar-refractivity contribution in [2.75, 3.05) is 0 Å². The van der Waals surface area contributed by atoms with Gasteiger partial charge in [0.2, 0.25) is 11.8 Å². The maximum Gasteiger partial charge on any atom is 0.225 e. The van der Waals surface area contributed by atoms with Gasteiger partial charge in [0.15, 0.2) is 0 Å². The van der Waals surface area contributed by atoms with E-state index < -0.39 is 0 Å². The molecule has 0 saturated heterocycles. The molecule has 0 saturated carbocycles. The van der Waals surface area contributed by atoms with E-state index in [1.54, 1.807) is 24.9 Å². The summed E-state index contributed by atoms with van der Waals surface area (Å²) in [6.45, 7) is 0. The molecule has 0 N–H and O–H groups in total. The second kappa shape index (κ2) is 10.7.